The van der Waals surface area contributed by atoms with Gasteiger partial charge in [0, 0.05) is 14.7 Å². The fraction of sp³-hybridized carbons (Fsp3) is 0.286. The molecule has 5 rings (SSSR count). The van der Waals surface area contributed by atoms with Crippen LogP contribution in [0.1, 0.15) is 13.8 Å². The molecule has 0 amide bonds. The van der Waals surface area contributed by atoms with Crippen LogP contribution in [0.2, 0.25) is 0 Å². The zero-order valence-corrected chi connectivity index (χ0v) is 23.5. The first-order valence-electron chi connectivity index (χ1n) is 12.4. The van der Waals surface area contributed by atoms with Crippen LogP contribution in [0.3, 0.4) is 0 Å². The maximum Gasteiger partial charge on any atom is 0.466 e. The van der Waals surface area contributed by atoms with E-state index >= 15 is 8.78 Å². The van der Waals surface area contributed by atoms with Crippen LogP contribution >= 0.6 is 10.3 Å². The largest absolute Gasteiger partial charge is 0.466 e. The van der Waals surface area contributed by atoms with Gasteiger partial charge in [0.05, 0.1) is 0 Å². The predicted octanol–water partition coefficient (Wildman–Crippen LogP) is 4.81. The lowest BCUT2D eigenvalue weighted by Gasteiger charge is -2.39. The van der Waals surface area contributed by atoms with E-state index in [2.05, 4.69) is 4.74 Å². The number of alkyl halides is 2. The van der Waals surface area contributed by atoms with E-state index < -0.39 is 68.3 Å². The number of halogens is 2. The zero-order valence-electron chi connectivity index (χ0n) is 21.8. The monoisotopic (exact) mass is 608 g/mol. The zero-order chi connectivity index (χ0) is 29.5. The molecule has 0 radical (unpaired) electrons. The number of hydrogen-bond donors (Lipinski definition) is 0. The lowest BCUT2D eigenvalue weighted by molar-refractivity contribution is -0.193. The maximum atomic E-state index is 15.5. The SMILES string of the molecule is CC1(C)OC2C(=O)OC(COC(=O)C(F)(F)S(=O)(=O)OS(c3ccccc3)(c3ccccc3)c3ccccc3)C2O1. The Kier molecular flexibility index (Phi) is 7.68. The number of hydrogen-bond acceptors (Lipinski definition) is 9. The van der Waals surface area contributed by atoms with Crippen LogP contribution in [0, 0.1) is 0 Å². The molecule has 0 bridgehead atoms. The molecule has 41 heavy (non-hydrogen) atoms. The summed E-state index contributed by atoms with van der Waals surface area (Å²) in [5.41, 5.74) is 0. The van der Waals surface area contributed by atoms with E-state index in [0.29, 0.717) is 14.7 Å². The topological polar surface area (TPSA) is 114 Å². The first kappa shape index (κ1) is 29.1. The Morgan fingerprint density at radius 1 is 0.854 bits per heavy atom. The maximum absolute atomic E-state index is 15.5. The van der Waals surface area contributed by atoms with E-state index in [-0.39, 0.29) is 0 Å². The molecule has 2 saturated heterocycles. The molecule has 3 aromatic rings. The number of fused-ring (bicyclic) bond motifs is 1. The van der Waals surface area contributed by atoms with Crippen molar-refractivity contribution in [3.63, 3.8) is 0 Å². The summed E-state index contributed by atoms with van der Waals surface area (Å²) in [5.74, 6) is -4.36. The number of rotatable bonds is 9. The number of carbonyl (C=O) groups excluding carboxylic acids is 2. The van der Waals surface area contributed by atoms with E-state index in [0.717, 1.165) is 0 Å². The van der Waals surface area contributed by atoms with Gasteiger partial charge in [0.25, 0.3) is 0 Å². The third-order valence-electron chi connectivity index (χ3n) is 6.34. The van der Waals surface area contributed by atoms with E-state index in [1.165, 1.54) is 0 Å². The molecule has 3 aromatic carbocycles. The summed E-state index contributed by atoms with van der Waals surface area (Å²) in [6.45, 7) is 2.20. The molecule has 218 valence electrons. The van der Waals surface area contributed by atoms with Crippen molar-refractivity contribution >= 4 is 32.4 Å². The average Bonchev–Trinajstić information content (AvgIpc) is 3.44. The summed E-state index contributed by atoms with van der Waals surface area (Å²) in [6, 6.07) is 24.2. The highest BCUT2D eigenvalue weighted by molar-refractivity contribution is 8.33. The Morgan fingerprint density at radius 3 is 1.78 bits per heavy atom. The number of benzene rings is 3. The second kappa shape index (κ2) is 10.8. The number of carbonyl (C=O) groups is 2. The van der Waals surface area contributed by atoms with Gasteiger partial charge in [-0.25, -0.2) is 13.2 Å². The van der Waals surface area contributed by atoms with Crippen LogP contribution in [0.25, 0.3) is 0 Å². The van der Waals surface area contributed by atoms with Crippen molar-refractivity contribution in [2.24, 2.45) is 0 Å². The second-order valence-corrected chi connectivity index (χ2v) is 14.1. The summed E-state index contributed by atoms with van der Waals surface area (Å²) in [4.78, 5) is 25.6. The average molecular weight is 609 g/mol. The number of cyclic esters (lactones) is 1. The quantitative estimate of drug-likeness (QED) is 0.316. The van der Waals surface area contributed by atoms with Gasteiger partial charge in [0.1, 0.15) is 12.7 Å². The highest BCUT2D eigenvalue weighted by atomic mass is 32.3. The summed E-state index contributed by atoms with van der Waals surface area (Å²) < 4.78 is 83.9. The molecule has 0 spiro atoms. The van der Waals surface area contributed by atoms with Gasteiger partial charge in [-0.05, 0) is 60.6 Å². The molecule has 2 aliphatic heterocycles. The van der Waals surface area contributed by atoms with Crippen molar-refractivity contribution in [2.75, 3.05) is 6.61 Å². The summed E-state index contributed by atoms with van der Waals surface area (Å²) in [7, 11) is -9.34. The van der Waals surface area contributed by atoms with Crippen LogP contribution in [-0.2, 0) is 42.3 Å². The van der Waals surface area contributed by atoms with Crippen molar-refractivity contribution in [3.8, 4) is 0 Å². The summed E-state index contributed by atoms with van der Waals surface area (Å²) in [5, 5.41) is -5.13. The Labute approximate surface area is 237 Å². The van der Waals surface area contributed by atoms with Crippen molar-refractivity contribution in [3.05, 3.63) is 91.0 Å². The molecule has 2 fully saturated rings. The molecular formula is C28H26F2O9S2. The first-order chi connectivity index (χ1) is 19.4. The lowest BCUT2D eigenvalue weighted by Crippen LogP contribution is -2.43. The fourth-order valence-electron chi connectivity index (χ4n) is 4.54. The minimum absolute atomic E-state index is 0.301. The minimum atomic E-state index is -5.99. The minimum Gasteiger partial charge on any atom is -0.456 e. The van der Waals surface area contributed by atoms with Crippen LogP contribution in [0.4, 0.5) is 8.78 Å². The van der Waals surface area contributed by atoms with Gasteiger partial charge >= 0.3 is 27.3 Å². The van der Waals surface area contributed by atoms with E-state index in [9.17, 15) is 18.0 Å². The normalized spacial score (nSPS) is 22.5. The Balaban J connectivity index is 1.46. The Hall–Kier alpha value is -3.36. The van der Waals surface area contributed by atoms with Gasteiger partial charge in [0.2, 0.25) is 0 Å². The molecule has 2 heterocycles. The summed E-state index contributed by atoms with van der Waals surface area (Å²) >= 11 is 0. The standard InChI is InChI=1S/C28H26F2O9S2/c1-27(2)37-23-22(36-25(31)24(23)38-27)18-35-26(32)28(29,30)41(33,34)39-40(19-12-6-3-7-13-19,20-14-8-4-9-15-20)21-16-10-5-11-17-21/h3-17,22-24H,18H2,1-2H3. The highest BCUT2D eigenvalue weighted by Crippen LogP contribution is 2.70. The highest BCUT2D eigenvalue weighted by Gasteiger charge is 2.60. The molecule has 3 unspecified atom stereocenters. The summed E-state index contributed by atoms with van der Waals surface area (Å²) in [6.07, 6.45) is -3.44. The van der Waals surface area contributed by atoms with Crippen molar-refractivity contribution in [1.29, 1.82) is 0 Å². The van der Waals surface area contributed by atoms with E-state index in [4.69, 9.17) is 17.8 Å². The molecule has 0 N–H and O–H groups in total. The van der Waals surface area contributed by atoms with Gasteiger partial charge in [0.15, 0.2) is 18.0 Å². The van der Waals surface area contributed by atoms with Crippen LogP contribution < -0.4 is 0 Å². The van der Waals surface area contributed by atoms with Crippen molar-refractivity contribution in [1.82, 2.24) is 0 Å². The smallest absolute Gasteiger partial charge is 0.456 e. The Morgan fingerprint density at radius 2 is 1.32 bits per heavy atom. The third-order valence-corrected chi connectivity index (χ3v) is 11.5. The molecule has 0 saturated carbocycles. The van der Waals surface area contributed by atoms with Crippen LogP contribution in [0.5, 0.6) is 0 Å². The van der Waals surface area contributed by atoms with E-state index in [1.54, 1.807) is 105 Å². The predicted molar refractivity (Wildman–Crippen MR) is 141 cm³/mol. The van der Waals surface area contributed by atoms with Crippen LogP contribution in [-0.4, -0.2) is 56.3 Å². The first-order valence-corrected chi connectivity index (χ1v) is 15.4. The fourth-order valence-corrected chi connectivity index (χ4v) is 9.60. The van der Waals surface area contributed by atoms with Gasteiger partial charge in [-0.2, -0.15) is 17.2 Å². The molecule has 13 heteroatoms. The molecule has 0 aliphatic carbocycles. The van der Waals surface area contributed by atoms with E-state index in [1.807, 2.05) is 0 Å². The Bertz CT molecular complexity index is 1420. The molecule has 2 aliphatic rings. The lowest BCUT2D eigenvalue weighted by atomic mass is 10.1. The van der Waals surface area contributed by atoms with Crippen molar-refractivity contribution in [2.45, 2.75) is 57.9 Å². The molecular weight excluding hydrogens is 582 g/mol. The molecule has 3 atom stereocenters. The van der Waals surface area contributed by atoms with Gasteiger partial charge in [-0.15, -0.1) is 0 Å². The van der Waals surface area contributed by atoms with Crippen LogP contribution in [0.15, 0.2) is 106 Å². The number of ether oxygens (including phenoxy) is 4. The number of esters is 2. The molecule has 9 nitrogen and oxygen atoms in total. The molecule has 0 aromatic heterocycles. The van der Waals surface area contributed by atoms with Gasteiger partial charge in [-0.1, -0.05) is 54.6 Å². The van der Waals surface area contributed by atoms with Gasteiger partial charge < -0.3 is 18.9 Å². The van der Waals surface area contributed by atoms with Gasteiger partial charge in [-0.3, -0.25) is 0 Å². The van der Waals surface area contributed by atoms with Crippen molar-refractivity contribution < 1.29 is 49.4 Å². The second-order valence-electron chi connectivity index (χ2n) is 9.63. The third kappa shape index (κ3) is 5.35.